The molecule has 2 aromatic rings. The van der Waals surface area contributed by atoms with Crippen LogP contribution in [0.3, 0.4) is 0 Å². The average molecular weight is 397 g/mol. The predicted molar refractivity (Wildman–Crippen MR) is 113 cm³/mol. The Hall–Kier alpha value is -2.97. The quantitative estimate of drug-likeness (QED) is 0.341. The van der Waals surface area contributed by atoms with Crippen LogP contribution in [0.2, 0.25) is 0 Å². The van der Waals surface area contributed by atoms with Crippen LogP contribution in [0.15, 0.2) is 48.5 Å². The lowest BCUT2D eigenvalue weighted by Crippen LogP contribution is -2.44. The fourth-order valence-corrected chi connectivity index (χ4v) is 3.31. The summed E-state index contributed by atoms with van der Waals surface area (Å²) in [5.41, 5.74) is 1.61. The average Bonchev–Trinajstić information content (AvgIpc) is 2.76. The fourth-order valence-electron chi connectivity index (χ4n) is 3.31. The summed E-state index contributed by atoms with van der Waals surface area (Å²) in [4.78, 5) is 25.7. The van der Waals surface area contributed by atoms with E-state index in [-0.39, 0.29) is 11.6 Å². The SMILES string of the molecule is O=C(NCCCN1CCNCC1)c1ccc(NCc2ccccc2)c([N+](=O)[O-])c1. The Morgan fingerprint density at radius 3 is 2.62 bits per heavy atom. The van der Waals surface area contributed by atoms with Gasteiger partial charge in [0.05, 0.1) is 4.92 Å². The van der Waals surface area contributed by atoms with Crippen molar-refractivity contribution < 1.29 is 9.72 Å². The topological polar surface area (TPSA) is 99.5 Å². The summed E-state index contributed by atoms with van der Waals surface area (Å²) >= 11 is 0. The number of hydrogen-bond donors (Lipinski definition) is 3. The number of hydrogen-bond acceptors (Lipinski definition) is 6. The Bertz CT molecular complexity index is 822. The molecule has 1 aliphatic rings. The highest BCUT2D eigenvalue weighted by Crippen LogP contribution is 2.26. The number of nitrogens with one attached hydrogen (secondary N) is 3. The minimum Gasteiger partial charge on any atom is -0.375 e. The van der Waals surface area contributed by atoms with Gasteiger partial charge >= 0.3 is 0 Å². The van der Waals surface area contributed by atoms with Crippen molar-refractivity contribution >= 4 is 17.3 Å². The summed E-state index contributed by atoms with van der Waals surface area (Å²) < 4.78 is 0. The molecule has 3 rings (SSSR count). The van der Waals surface area contributed by atoms with Crippen LogP contribution < -0.4 is 16.0 Å². The number of carbonyl (C=O) groups excluding carboxylic acids is 1. The van der Waals surface area contributed by atoms with Crippen LogP contribution in [0, 0.1) is 10.1 Å². The second kappa shape index (κ2) is 10.5. The van der Waals surface area contributed by atoms with Crippen LogP contribution in [0.4, 0.5) is 11.4 Å². The number of piperazine rings is 1. The van der Waals surface area contributed by atoms with E-state index in [9.17, 15) is 14.9 Å². The number of nitro benzene ring substituents is 1. The Balaban J connectivity index is 1.54. The second-order valence-electron chi connectivity index (χ2n) is 7.03. The van der Waals surface area contributed by atoms with Crippen molar-refractivity contribution in [2.24, 2.45) is 0 Å². The number of benzene rings is 2. The molecule has 0 aliphatic carbocycles. The van der Waals surface area contributed by atoms with E-state index in [2.05, 4.69) is 20.9 Å². The highest BCUT2D eigenvalue weighted by molar-refractivity contribution is 5.95. The van der Waals surface area contributed by atoms with Gasteiger partial charge in [-0.25, -0.2) is 0 Å². The molecule has 0 unspecified atom stereocenters. The van der Waals surface area contributed by atoms with Gasteiger partial charge in [0.2, 0.25) is 0 Å². The Labute approximate surface area is 170 Å². The molecule has 0 bridgehead atoms. The van der Waals surface area contributed by atoms with E-state index in [0.717, 1.165) is 44.7 Å². The molecule has 1 saturated heterocycles. The zero-order valence-corrected chi connectivity index (χ0v) is 16.4. The summed E-state index contributed by atoms with van der Waals surface area (Å²) in [6.07, 6.45) is 0.852. The first-order chi connectivity index (χ1) is 14.1. The molecule has 0 spiro atoms. The lowest BCUT2D eigenvalue weighted by Gasteiger charge is -2.27. The zero-order chi connectivity index (χ0) is 20.5. The third-order valence-corrected chi connectivity index (χ3v) is 4.93. The van der Waals surface area contributed by atoms with Crippen molar-refractivity contribution in [1.82, 2.24) is 15.5 Å². The van der Waals surface area contributed by atoms with Crippen molar-refractivity contribution in [3.05, 3.63) is 69.8 Å². The molecule has 0 saturated carbocycles. The maximum atomic E-state index is 12.4. The van der Waals surface area contributed by atoms with Crippen LogP contribution >= 0.6 is 0 Å². The third kappa shape index (κ3) is 6.27. The predicted octanol–water partition coefficient (Wildman–Crippen LogP) is 2.23. The number of rotatable bonds is 9. The summed E-state index contributed by atoms with van der Waals surface area (Å²) in [6, 6.07) is 14.2. The van der Waals surface area contributed by atoms with Crippen LogP contribution in [-0.2, 0) is 6.54 Å². The molecule has 154 valence electrons. The van der Waals surface area contributed by atoms with Gasteiger partial charge in [-0.3, -0.25) is 14.9 Å². The minimum absolute atomic E-state index is 0.102. The van der Waals surface area contributed by atoms with Crippen molar-refractivity contribution in [3.63, 3.8) is 0 Å². The molecule has 29 heavy (non-hydrogen) atoms. The van der Waals surface area contributed by atoms with Gasteiger partial charge in [-0.2, -0.15) is 0 Å². The molecular formula is C21H27N5O3. The molecule has 0 radical (unpaired) electrons. The Morgan fingerprint density at radius 1 is 1.14 bits per heavy atom. The zero-order valence-electron chi connectivity index (χ0n) is 16.4. The molecular weight excluding hydrogens is 370 g/mol. The van der Waals surface area contributed by atoms with Gasteiger partial charge in [0.1, 0.15) is 5.69 Å². The van der Waals surface area contributed by atoms with Crippen LogP contribution in [0.5, 0.6) is 0 Å². The molecule has 3 N–H and O–H groups in total. The maximum absolute atomic E-state index is 12.4. The van der Waals surface area contributed by atoms with Gasteiger partial charge in [-0.15, -0.1) is 0 Å². The first kappa shape index (κ1) is 20.8. The number of anilines is 1. The van der Waals surface area contributed by atoms with Crippen LogP contribution in [0.25, 0.3) is 0 Å². The van der Waals surface area contributed by atoms with E-state index >= 15 is 0 Å². The number of carbonyl (C=O) groups is 1. The van der Waals surface area contributed by atoms with Gasteiger partial charge in [-0.1, -0.05) is 30.3 Å². The lowest BCUT2D eigenvalue weighted by atomic mass is 10.1. The first-order valence-corrected chi connectivity index (χ1v) is 9.91. The van der Waals surface area contributed by atoms with E-state index in [1.807, 2.05) is 30.3 Å². The van der Waals surface area contributed by atoms with E-state index in [1.54, 1.807) is 12.1 Å². The van der Waals surface area contributed by atoms with E-state index < -0.39 is 4.92 Å². The van der Waals surface area contributed by atoms with Gasteiger partial charge < -0.3 is 20.9 Å². The molecule has 8 heteroatoms. The molecule has 1 fully saturated rings. The van der Waals surface area contributed by atoms with Crippen molar-refractivity contribution in [2.45, 2.75) is 13.0 Å². The van der Waals surface area contributed by atoms with Gasteiger partial charge in [-0.05, 0) is 30.7 Å². The highest BCUT2D eigenvalue weighted by atomic mass is 16.6. The molecule has 8 nitrogen and oxygen atoms in total. The fraction of sp³-hybridized carbons (Fsp3) is 0.381. The normalized spacial score (nSPS) is 14.3. The number of nitrogens with zero attached hydrogens (tertiary/aromatic N) is 2. The first-order valence-electron chi connectivity index (χ1n) is 9.91. The lowest BCUT2D eigenvalue weighted by molar-refractivity contribution is -0.384. The van der Waals surface area contributed by atoms with Crippen LogP contribution in [0.1, 0.15) is 22.3 Å². The van der Waals surface area contributed by atoms with Crippen molar-refractivity contribution in [3.8, 4) is 0 Å². The van der Waals surface area contributed by atoms with Gasteiger partial charge in [0.15, 0.2) is 0 Å². The van der Waals surface area contributed by atoms with Gasteiger partial charge in [0.25, 0.3) is 11.6 Å². The summed E-state index contributed by atoms with van der Waals surface area (Å²) in [7, 11) is 0. The smallest absolute Gasteiger partial charge is 0.293 e. The van der Waals surface area contributed by atoms with Crippen molar-refractivity contribution in [2.75, 3.05) is 44.6 Å². The van der Waals surface area contributed by atoms with Crippen LogP contribution in [-0.4, -0.2) is 55.0 Å². The molecule has 0 aromatic heterocycles. The number of amides is 1. The van der Waals surface area contributed by atoms with E-state index in [0.29, 0.717) is 24.3 Å². The minimum atomic E-state index is -0.464. The molecule has 2 aromatic carbocycles. The summed E-state index contributed by atoms with van der Waals surface area (Å²) in [5.74, 6) is -0.289. The standard InChI is InChI=1S/C21H27N5O3/c27-21(23-9-4-12-25-13-10-22-11-14-25)18-7-8-19(20(15-18)26(28)29)24-16-17-5-2-1-3-6-17/h1-3,5-8,15,22,24H,4,9-14,16H2,(H,23,27). The highest BCUT2D eigenvalue weighted by Gasteiger charge is 2.17. The largest absolute Gasteiger partial charge is 0.375 e. The Kier molecular flexibility index (Phi) is 7.54. The van der Waals surface area contributed by atoms with Gasteiger partial charge in [0, 0.05) is 50.9 Å². The van der Waals surface area contributed by atoms with Crippen molar-refractivity contribution in [1.29, 1.82) is 0 Å². The summed E-state index contributed by atoms with van der Waals surface area (Å²) in [6.45, 7) is 6.00. The molecule has 1 aliphatic heterocycles. The second-order valence-corrected chi connectivity index (χ2v) is 7.03. The molecule has 1 amide bonds. The van der Waals surface area contributed by atoms with E-state index in [4.69, 9.17) is 0 Å². The summed E-state index contributed by atoms with van der Waals surface area (Å²) in [5, 5.41) is 20.7. The Morgan fingerprint density at radius 2 is 1.90 bits per heavy atom. The molecule has 1 heterocycles. The molecule has 0 atom stereocenters. The monoisotopic (exact) mass is 397 g/mol. The third-order valence-electron chi connectivity index (χ3n) is 4.93. The maximum Gasteiger partial charge on any atom is 0.293 e. The van der Waals surface area contributed by atoms with E-state index in [1.165, 1.54) is 6.07 Å². The number of nitro groups is 1.